The van der Waals surface area contributed by atoms with E-state index in [2.05, 4.69) is 5.32 Å². The lowest BCUT2D eigenvalue weighted by molar-refractivity contribution is -0.139. The van der Waals surface area contributed by atoms with E-state index in [9.17, 15) is 14.4 Å². The summed E-state index contributed by atoms with van der Waals surface area (Å²) in [4.78, 5) is 38.7. The third kappa shape index (κ3) is 4.44. The number of carbonyl (C=O) groups is 3. The average molecular weight is 435 g/mol. The zero-order valence-corrected chi connectivity index (χ0v) is 17.3. The van der Waals surface area contributed by atoms with Crippen LogP contribution in [0.2, 0.25) is 4.34 Å². The predicted molar refractivity (Wildman–Crippen MR) is 109 cm³/mol. The average Bonchev–Trinajstić information content (AvgIpc) is 3.11. The van der Waals surface area contributed by atoms with Crippen LogP contribution in [0.4, 0.5) is 4.79 Å². The first-order valence-electron chi connectivity index (χ1n) is 8.85. The van der Waals surface area contributed by atoms with Crippen molar-refractivity contribution >= 4 is 40.9 Å². The van der Waals surface area contributed by atoms with E-state index < -0.39 is 18.0 Å². The van der Waals surface area contributed by atoms with Crippen molar-refractivity contribution in [3.8, 4) is 0 Å². The first kappa shape index (κ1) is 20.9. The van der Waals surface area contributed by atoms with Crippen LogP contribution in [0.5, 0.6) is 0 Å². The number of carboxylic acid groups (broad SMARTS) is 1. The van der Waals surface area contributed by atoms with E-state index in [0.717, 1.165) is 10.4 Å². The zero-order chi connectivity index (χ0) is 21.1. The van der Waals surface area contributed by atoms with Gasteiger partial charge >= 0.3 is 18.0 Å². The normalized spacial score (nSPS) is 16.6. The smallest absolute Gasteiger partial charge is 0.338 e. The Morgan fingerprint density at radius 1 is 1.24 bits per heavy atom. The van der Waals surface area contributed by atoms with E-state index in [-0.39, 0.29) is 24.7 Å². The van der Waals surface area contributed by atoms with Crippen molar-refractivity contribution in [1.29, 1.82) is 0 Å². The van der Waals surface area contributed by atoms with Gasteiger partial charge in [0.25, 0.3) is 0 Å². The standard InChI is InChI=1S/C20H19ClN2O5S/c1-3-28-19(26)16-11(2)23(10-12-4-6-13(7-5-12)18(24)25)20(27)22-17(16)14-8-9-15(21)29-14/h4-9,17H,3,10H2,1-2H3,(H,22,27)(H,24,25). The summed E-state index contributed by atoms with van der Waals surface area (Å²) in [5, 5.41) is 11.9. The van der Waals surface area contributed by atoms with Gasteiger partial charge in [-0.3, -0.25) is 4.90 Å². The van der Waals surface area contributed by atoms with E-state index in [4.69, 9.17) is 21.4 Å². The Balaban J connectivity index is 1.97. The minimum Gasteiger partial charge on any atom is -0.478 e. The quantitative estimate of drug-likeness (QED) is 0.664. The van der Waals surface area contributed by atoms with Crippen molar-refractivity contribution in [1.82, 2.24) is 10.2 Å². The highest BCUT2D eigenvalue weighted by Gasteiger charge is 2.37. The second kappa shape index (κ2) is 8.67. The van der Waals surface area contributed by atoms with Gasteiger partial charge < -0.3 is 15.2 Å². The molecule has 0 saturated heterocycles. The highest BCUT2D eigenvalue weighted by molar-refractivity contribution is 7.16. The third-order valence-electron chi connectivity index (χ3n) is 4.51. The van der Waals surface area contributed by atoms with Crippen LogP contribution in [-0.2, 0) is 16.1 Å². The van der Waals surface area contributed by atoms with E-state index in [0.29, 0.717) is 15.6 Å². The summed E-state index contributed by atoms with van der Waals surface area (Å²) < 4.78 is 5.77. The lowest BCUT2D eigenvalue weighted by Gasteiger charge is -2.35. The maximum absolute atomic E-state index is 12.8. The number of urea groups is 1. The summed E-state index contributed by atoms with van der Waals surface area (Å²) >= 11 is 7.31. The lowest BCUT2D eigenvalue weighted by atomic mass is 10.00. The van der Waals surface area contributed by atoms with Gasteiger partial charge in [0.05, 0.1) is 34.7 Å². The van der Waals surface area contributed by atoms with Crippen molar-refractivity contribution < 1.29 is 24.2 Å². The molecule has 7 nitrogen and oxygen atoms in total. The monoisotopic (exact) mass is 434 g/mol. The number of rotatable bonds is 6. The minimum atomic E-state index is -1.02. The number of halogens is 1. The van der Waals surface area contributed by atoms with Gasteiger partial charge in [-0.25, -0.2) is 14.4 Å². The van der Waals surface area contributed by atoms with Crippen LogP contribution in [0.3, 0.4) is 0 Å². The first-order chi connectivity index (χ1) is 13.8. The Labute approximate surface area is 176 Å². The number of hydrogen-bond acceptors (Lipinski definition) is 5. The fraction of sp³-hybridized carbons (Fsp3) is 0.250. The van der Waals surface area contributed by atoms with Crippen LogP contribution in [0, 0.1) is 0 Å². The maximum Gasteiger partial charge on any atom is 0.338 e. The SMILES string of the molecule is CCOC(=O)C1=C(C)N(Cc2ccc(C(=O)O)cc2)C(=O)NC1c1ccc(Cl)s1. The van der Waals surface area contributed by atoms with Crippen LogP contribution < -0.4 is 5.32 Å². The number of aromatic carboxylic acids is 1. The molecule has 2 aromatic rings. The zero-order valence-electron chi connectivity index (χ0n) is 15.8. The fourth-order valence-electron chi connectivity index (χ4n) is 3.08. The van der Waals surface area contributed by atoms with Gasteiger partial charge in [-0.1, -0.05) is 23.7 Å². The molecule has 1 unspecified atom stereocenters. The molecule has 2 N–H and O–H groups in total. The number of carbonyl (C=O) groups excluding carboxylic acids is 2. The fourth-order valence-corrected chi connectivity index (χ4v) is 4.20. The summed E-state index contributed by atoms with van der Waals surface area (Å²) in [5.74, 6) is -1.53. The van der Waals surface area contributed by atoms with Gasteiger partial charge in [-0.2, -0.15) is 0 Å². The number of benzene rings is 1. The van der Waals surface area contributed by atoms with E-state index in [1.165, 1.54) is 28.4 Å². The van der Waals surface area contributed by atoms with Crippen LogP contribution in [0.15, 0.2) is 47.7 Å². The number of ether oxygens (including phenoxy) is 1. The minimum absolute atomic E-state index is 0.158. The molecule has 1 aromatic heterocycles. The number of carboxylic acids is 1. The topological polar surface area (TPSA) is 95.9 Å². The molecule has 152 valence electrons. The summed E-state index contributed by atoms with van der Waals surface area (Å²) in [7, 11) is 0. The molecule has 0 saturated carbocycles. The number of amides is 2. The number of nitrogens with one attached hydrogen (secondary N) is 1. The van der Waals surface area contributed by atoms with Crippen LogP contribution in [0.1, 0.15) is 40.7 Å². The number of esters is 1. The van der Waals surface area contributed by atoms with Gasteiger partial charge in [-0.15, -0.1) is 11.3 Å². The van der Waals surface area contributed by atoms with Crippen molar-refractivity contribution in [2.75, 3.05) is 6.61 Å². The number of nitrogens with zero attached hydrogens (tertiary/aromatic N) is 1. The van der Waals surface area contributed by atoms with E-state index >= 15 is 0 Å². The second-order valence-corrected chi connectivity index (χ2v) is 8.08. The highest BCUT2D eigenvalue weighted by atomic mass is 35.5. The predicted octanol–water partition coefficient (Wildman–Crippen LogP) is 4.20. The highest BCUT2D eigenvalue weighted by Crippen LogP contribution is 2.36. The molecule has 3 rings (SSSR count). The molecular formula is C20H19ClN2O5S. The van der Waals surface area contributed by atoms with Crippen LogP contribution in [0.25, 0.3) is 0 Å². The van der Waals surface area contributed by atoms with Gasteiger partial charge in [0, 0.05) is 10.6 Å². The third-order valence-corrected chi connectivity index (χ3v) is 5.81. The van der Waals surface area contributed by atoms with Gasteiger partial charge in [-0.05, 0) is 43.7 Å². The molecule has 0 bridgehead atoms. The summed E-state index contributed by atoms with van der Waals surface area (Å²) in [6.45, 7) is 3.79. The first-order valence-corrected chi connectivity index (χ1v) is 10.0. The summed E-state index contributed by atoms with van der Waals surface area (Å²) in [6, 6.07) is 8.69. The molecule has 9 heteroatoms. The molecular weight excluding hydrogens is 416 g/mol. The molecule has 1 aliphatic heterocycles. The molecule has 1 aromatic carbocycles. The Kier molecular flexibility index (Phi) is 6.24. The Morgan fingerprint density at radius 3 is 2.48 bits per heavy atom. The summed E-state index contributed by atoms with van der Waals surface area (Å²) in [6.07, 6.45) is 0. The van der Waals surface area contributed by atoms with Crippen molar-refractivity contribution in [2.24, 2.45) is 0 Å². The molecule has 0 aliphatic carbocycles. The van der Waals surface area contributed by atoms with Gasteiger partial charge in [0.2, 0.25) is 0 Å². The number of hydrogen-bond donors (Lipinski definition) is 2. The van der Waals surface area contributed by atoms with Crippen molar-refractivity contribution in [3.05, 3.63) is 68.0 Å². The largest absolute Gasteiger partial charge is 0.478 e. The Bertz CT molecular complexity index is 983. The van der Waals surface area contributed by atoms with Crippen molar-refractivity contribution in [3.63, 3.8) is 0 Å². The van der Waals surface area contributed by atoms with Crippen LogP contribution >= 0.6 is 22.9 Å². The van der Waals surface area contributed by atoms with E-state index in [1.54, 1.807) is 38.1 Å². The number of thiophene rings is 1. The second-order valence-electron chi connectivity index (χ2n) is 6.33. The summed E-state index contributed by atoms with van der Waals surface area (Å²) in [5.41, 5.74) is 1.70. The Hall–Kier alpha value is -2.84. The van der Waals surface area contributed by atoms with Gasteiger partial charge in [0.1, 0.15) is 0 Å². The molecule has 2 heterocycles. The molecule has 29 heavy (non-hydrogen) atoms. The lowest BCUT2D eigenvalue weighted by Crippen LogP contribution is -2.47. The molecule has 0 spiro atoms. The molecule has 0 radical (unpaired) electrons. The van der Waals surface area contributed by atoms with E-state index in [1.807, 2.05) is 0 Å². The van der Waals surface area contributed by atoms with Gasteiger partial charge in [0.15, 0.2) is 0 Å². The molecule has 1 aliphatic rings. The molecule has 1 atom stereocenters. The maximum atomic E-state index is 12.8. The van der Waals surface area contributed by atoms with Crippen LogP contribution in [-0.4, -0.2) is 34.6 Å². The Morgan fingerprint density at radius 2 is 1.93 bits per heavy atom. The molecule has 2 amide bonds. The molecule has 0 fully saturated rings. The van der Waals surface area contributed by atoms with Crippen molar-refractivity contribution in [2.45, 2.75) is 26.4 Å². The number of allylic oxidation sites excluding steroid dienone is 1.